The average Bonchev–Trinajstić information content (AvgIpc) is 3.22. The number of rotatable bonds is 8. The molecule has 1 N–H and O–H groups in total. The maximum absolute atomic E-state index is 6.35. The molecule has 1 atom stereocenters. The number of nitrogens with zero attached hydrogens (tertiary/aromatic N) is 1. The minimum Gasteiger partial charge on any atom is -0.497 e. The summed E-state index contributed by atoms with van der Waals surface area (Å²) in [5.74, 6) is 0.916. The van der Waals surface area contributed by atoms with E-state index < -0.39 is 0 Å². The van der Waals surface area contributed by atoms with E-state index >= 15 is 0 Å². The van der Waals surface area contributed by atoms with Crippen LogP contribution in [0.3, 0.4) is 0 Å². The average molecular weight is 395 g/mol. The Morgan fingerprint density at radius 1 is 1.03 bits per heavy atom. The number of pyridine rings is 1. The molecule has 1 aliphatic heterocycles. The molecule has 1 aromatic heterocycles. The lowest BCUT2D eigenvalue weighted by Crippen LogP contribution is -2.47. The van der Waals surface area contributed by atoms with Gasteiger partial charge < -0.3 is 14.8 Å². The van der Waals surface area contributed by atoms with Crippen LogP contribution in [0, 0.1) is 0 Å². The molecule has 2 fully saturated rings. The second-order valence-electron chi connectivity index (χ2n) is 8.76. The number of hydrogen-bond acceptors (Lipinski definition) is 4. The summed E-state index contributed by atoms with van der Waals surface area (Å²) in [5, 5.41) is 3.68. The van der Waals surface area contributed by atoms with E-state index in [0.717, 1.165) is 51.1 Å². The minimum atomic E-state index is 0.0961. The Morgan fingerprint density at radius 3 is 2.59 bits per heavy atom. The van der Waals surface area contributed by atoms with Crippen molar-refractivity contribution in [2.45, 2.75) is 62.4 Å². The largest absolute Gasteiger partial charge is 0.497 e. The molecule has 1 unspecified atom stereocenters. The lowest BCUT2D eigenvalue weighted by atomic mass is 9.68. The summed E-state index contributed by atoms with van der Waals surface area (Å²) in [6.45, 7) is 2.87. The molecule has 4 rings (SSSR count). The second-order valence-corrected chi connectivity index (χ2v) is 8.76. The summed E-state index contributed by atoms with van der Waals surface area (Å²) >= 11 is 0. The third-order valence-corrected chi connectivity index (χ3v) is 6.90. The van der Waals surface area contributed by atoms with Crippen LogP contribution in [0.5, 0.6) is 5.75 Å². The van der Waals surface area contributed by atoms with Crippen LogP contribution >= 0.6 is 0 Å². The van der Waals surface area contributed by atoms with Crippen LogP contribution < -0.4 is 10.1 Å². The van der Waals surface area contributed by atoms with Gasteiger partial charge in [0.05, 0.1) is 12.7 Å². The second kappa shape index (κ2) is 9.27. The lowest BCUT2D eigenvalue weighted by Gasteiger charge is -2.46. The van der Waals surface area contributed by atoms with Gasteiger partial charge in [-0.15, -0.1) is 0 Å². The molecule has 2 aliphatic rings. The van der Waals surface area contributed by atoms with Crippen molar-refractivity contribution < 1.29 is 9.47 Å². The highest BCUT2D eigenvalue weighted by Gasteiger charge is 2.48. The van der Waals surface area contributed by atoms with Gasteiger partial charge in [0.1, 0.15) is 5.75 Å². The van der Waals surface area contributed by atoms with Crippen molar-refractivity contribution in [2.75, 3.05) is 26.8 Å². The van der Waals surface area contributed by atoms with Crippen LogP contribution in [0.25, 0.3) is 0 Å². The number of benzene rings is 1. The maximum Gasteiger partial charge on any atom is 0.118 e. The van der Waals surface area contributed by atoms with Crippen molar-refractivity contribution in [2.24, 2.45) is 0 Å². The van der Waals surface area contributed by atoms with Crippen LogP contribution in [0.1, 0.15) is 56.2 Å². The van der Waals surface area contributed by atoms with Gasteiger partial charge in [-0.1, -0.05) is 31.0 Å². The Morgan fingerprint density at radius 2 is 1.86 bits per heavy atom. The van der Waals surface area contributed by atoms with Gasteiger partial charge in [0.25, 0.3) is 0 Å². The predicted octanol–water partition coefficient (Wildman–Crippen LogP) is 4.67. The molecule has 1 aliphatic carbocycles. The van der Waals surface area contributed by atoms with Crippen LogP contribution in [0.15, 0.2) is 48.7 Å². The molecule has 1 saturated carbocycles. The summed E-state index contributed by atoms with van der Waals surface area (Å²) in [4.78, 5) is 4.80. The Hall–Kier alpha value is -1.91. The highest BCUT2D eigenvalue weighted by atomic mass is 16.5. The SMILES string of the molecule is COc1ccc(CCNCCC2(c3ccccn3)CCOC3(CCCC3)C2)cc1. The van der Waals surface area contributed by atoms with Crippen LogP contribution in [0.2, 0.25) is 0 Å². The fourth-order valence-electron chi connectivity index (χ4n) is 5.27. The van der Waals surface area contributed by atoms with Crippen molar-refractivity contribution in [3.63, 3.8) is 0 Å². The van der Waals surface area contributed by atoms with E-state index in [9.17, 15) is 0 Å². The van der Waals surface area contributed by atoms with Crippen molar-refractivity contribution >= 4 is 0 Å². The van der Waals surface area contributed by atoms with Crippen molar-refractivity contribution in [3.8, 4) is 5.75 Å². The van der Waals surface area contributed by atoms with Crippen LogP contribution in [-0.2, 0) is 16.6 Å². The Kier molecular flexibility index (Phi) is 6.51. The van der Waals surface area contributed by atoms with E-state index in [0.29, 0.717) is 0 Å². The fourth-order valence-corrected chi connectivity index (χ4v) is 5.27. The summed E-state index contributed by atoms with van der Waals surface area (Å²) in [6, 6.07) is 14.8. The summed E-state index contributed by atoms with van der Waals surface area (Å²) in [6.07, 6.45) is 11.3. The first-order valence-corrected chi connectivity index (χ1v) is 11.1. The normalized spacial score (nSPS) is 23.3. The van der Waals surface area contributed by atoms with Gasteiger partial charge >= 0.3 is 0 Å². The van der Waals surface area contributed by atoms with Gasteiger partial charge in [-0.05, 0) is 81.4 Å². The predicted molar refractivity (Wildman–Crippen MR) is 116 cm³/mol. The van der Waals surface area contributed by atoms with Crippen molar-refractivity contribution in [3.05, 3.63) is 59.9 Å². The molecule has 2 heterocycles. The van der Waals surface area contributed by atoms with Gasteiger partial charge in [-0.25, -0.2) is 0 Å². The zero-order valence-electron chi connectivity index (χ0n) is 17.7. The molecule has 0 amide bonds. The van der Waals surface area contributed by atoms with E-state index in [1.807, 2.05) is 24.4 Å². The quantitative estimate of drug-likeness (QED) is 0.661. The number of methoxy groups -OCH3 is 1. The summed E-state index contributed by atoms with van der Waals surface area (Å²) < 4.78 is 11.6. The maximum atomic E-state index is 6.35. The summed E-state index contributed by atoms with van der Waals surface area (Å²) in [7, 11) is 1.71. The smallest absolute Gasteiger partial charge is 0.118 e. The van der Waals surface area contributed by atoms with Crippen molar-refractivity contribution in [1.82, 2.24) is 10.3 Å². The Labute approximate surface area is 175 Å². The first-order valence-electron chi connectivity index (χ1n) is 11.1. The van der Waals surface area contributed by atoms with Gasteiger partial charge in [-0.2, -0.15) is 0 Å². The van der Waals surface area contributed by atoms with E-state index in [2.05, 4.69) is 29.6 Å². The fraction of sp³-hybridized carbons (Fsp3) is 0.560. The Bertz CT molecular complexity index is 756. The minimum absolute atomic E-state index is 0.0961. The molecule has 0 radical (unpaired) electrons. The molecule has 1 aromatic carbocycles. The van der Waals surface area contributed by atoms with Crippen LogP contribution in [-0.4, -0.2) is 37.4 Å². The number of aromatic nitrogens is 1. The molecule has 2 aromatic rings. The van der Waals surface area contributed by atoms with Gasteiger partial charge in [0.15, 0.2) is 0 Å². The van der Waals surface area contributed by atoms with Crippen LogP contribution in [0.4, 0.5) is 0 Å². The lowest BCUT2D eigenvalue weighted by molar-refractivity contribution is -0.104. The van der Waals surface area contributed by atoms with Gasteiger partial charge in [0, 0.05) is 23.9 Å². The molecular formula is C25H34N2O2. The van der Waals surface area contributed by atoms with E-state index in [4.69, 9.17) is 14.5 Å². The monoisotopic (exact) mass is 394 g/mol. The first kappa shape index (κ1) is 20.4. The molecule has 4 nitrogen and oxygen atoms in total. The number of ether oxygens (including phenoxy) is 2. The van der Waals surface area contributed by atoms with E-state index in [1.54, 1.807) is 7.11 Å². The molecular weight excluding hydrogens is 360 g/mol. The van der Waals surface area contributed by atoms with Gasteiger partial charge in [-0.3, -0.25) is 4.98 Å². The van der Waals surface area contributed by atoms with Crippen molar-refractivity contribution in [1.29, 1.82) is 0 Å². The Balaban J connectivity index is 1.36. The van der Waals surface area contributed by atoms with Gasteiger partial charge in [0.2, 0.25) is 0 Å². The zero-order chi connectivity index (χ0) is 20.0. The first-order chi connectivity index (χ1) is 14.2. The third-order valence-electron chi connectivity index (χ3n) is 6.90. The van der Waals surface area contributed by atoms with E-state index in [1.165, 1.54) is 36.9 Å². The topological polar surface area (TPSA) is 43.4 Å². The molecule has 0 bridgehead atoms. The third kappa shape index (κ3) is 4.81. The zero-order valence-corrected chi connectivity index (χ0v) is 17.7. The van der Waals surface area contributed by atoms with E-state index in [-0.39, 0.29) is 11.0 Å². The number of nitrogens with one attached hydrogen (secondary N) is 1. The standard InChI is InChI=1S/C25H34N2O2/c1-28-22-9-7-21(8-10-22)11-17-26-18-14-24(23-6-2-5-16-27-23)15-19-29-25(20-24)12-3-4-13-25/h2,5-10,16,26H,3-4,11-15,17-20H2,1H3. The molecule has 156 valence electrons. The number of hydrogen-bond donors (Lipinski definition) is 1. The molecule has 29 heavy (non-hydrogen) atoms. The molecule has 4 heteroatoms. The highest BCUT2D eigenvalue weighted by molar-refractivity contribution is 5.27. The molecule has 1 saturated heterocycles. The summed E-state index contributed by atoms with van der Waals surface area (Å²) in [5.41, 5.74) is 2.83. The molecule has 1 spiro atoms. The highest BCUT2D eigenvalue weighted by Crippen LogP contribution is 2.49.